The van der Waals surface area contributed by atoms with E-state index in [4.69, 9.17) is 0 Å². The zero-order valence-corrected chi connectivity index (χ0v) is 15.0. The summed E-state index contributed by atoms with van der Waals surface area (Å²) in [5.41, 5.74) is 2.22. The fraction of sp³-hybridized carbons (Fsp3) is 0.600. The first-order valence-corrected chi connectivity index (χ1v) is 9.16. The molecule has 0 spiro atoms. The Morgan fingerprint density at radius 3 is 2.42 bits per heavy atom. The molecule has 0 N–H and O–H groups in total. The van der Waals surface area contributed by atoms with Gasteiger partial charge < -0.3 is 9.80 Å². The minimum Gasteiger partial charge on any atom is -0.341 e. The number of carbonyl (C=O) groups is 2. The highest BCUT2D eigenvalue weighted by molar-refractivity contribution is 5.90. The molecule has 4 heteroatoms. The zero-order chi connectivity index (χ0) is 17.3. The van der Waals surface area contributed by atoms with Crippen molar-refractivity contribution in [1.82, 2.24) is 9.80 Å². The number of hydrogen-bond acceptors (Lipinski definition) is 2. The predicted octanol–water partition coefficient (Wildman–Crippen LogP) is 3.03. The predicted molar refractivity (Wildman–Crippen MR) is 94.4 cm³/mol. The van der Waals surface area contributed by atoms with Gasteiger partial charge in [0.05, 0.1) is 0 Å². The molecule has 0 aromatic heterocycles. The fourth-order valence-electron chi connectivity index (χ4n) is 3.80. The van der Waals surface area contributed by atoms with Crippen LogP contribution in [0.1, 0.15) is 50.8 Å². The van der Waals surface area contributed by atoms with Gasteiger partial charge in [-0.2, -0.15) is 0 Å². The standard InChI is InChI=1S/C20H28N2O2/c1-14(2)19(23)22-13-10-16-6-4-5-7-17(16)18(22)20(24)21-11-8-15(3)9-12-21/h4-7,14-15,18H,8-13H2,1-3H3. The van der Waals surface area contributed by atoms with Crippen LogP contribution in [0.4, 0.5) is 0 Å². The molecule has 2 heterocycles. The highest BCUT2D eigenvalue weighted by atomic mass is 16.2. The van der Waals surface area contributed by atoms with Crippen molar-refractivity contribution in [2.75, 3.05) is 19.6 Å². The molecule has 1 aromatic rings. The smallest absolute Gasteiger partial charge is 0.250 e. The van der Waals surface area contributed by atoms with E-state index in [9.17, 15) is 9.59 Å². The molecule has 130 valence electrons. The Hall–Kier alpha value is -1.84. The van der Waals surface area contributed by atoms with Crippen molar-refractivity contribution in [3.63, 3.8) is 0 Å². The topological polar surface area (TPSA) is 40.6 Å². The molecule has 1 aromatic carbocycles. The zero-order valence-electron chi connectivity index (χ0n) is 15.0. The summed E-state index contributed by atoms with van der Waals surface area (Å²) < 4.78 is 0. The molecule has 0 aliphatic carbocycles. The Morgan fingerprint density at radius 2 is 1.75 bits per heavy atom. The van der Waals surface area contributed by atoms with Gasteiger partial charge in [0.25, 0.3) is 0 Å². The molecular weight excluding hydrogens is 300 g/mol. The van der Waals surface area contributed by atoms with Gasteiger partial charge in [-0.05, 0) is 36.3 Å². The molecule has 1 saturated heterocycles. The summed E-state index contributed by atoms with van der Waals surface area (Å²) >= 11 is 0. The van der Waals surface area contributed by atoms with Gasteiger partial charge >= 0.3 is 0 Å². The number of likely N-dealkylation sites (tertiary alicyclic amines) is 1. The number of nitrogens with zero attached hydrogens (tertiary/aromatic N) is 2. The number of hydrogen-bond donors (Lipinski definition) is 0. The Balaban J connectivity index is 1.92. The van der Waals surface area contributed by atoms with E-state index in [2.05, 4.69) is 13.0 Å². The van der Waals surface area contributed by atoms with Gasteiger partial charge in [-0.25, -0.2) is 0 Å². The number of rotatable bonds is 2. The SMILES string of the molecule is CC1CCN(C(=O)C2c3ccccc3CCN2C(=O)C(C)C)CC1. The second-order valence-corrected chi connectivity index (χ2v) is 7.55. The maximum atomic E-state index is 13.3. The molecule has 0 saturated carbocycles. The van der Waals surface area contributed by atoms with Crippen LogP contribution < -0.4 is 0 Å². The molecule has 0 radical (unpaired) electrons. The minimum atomic E-state index is -0.446. The molecule has 2 aliphatic heterocycles. The summed E-state index contributed by atoms with van der Waals surface area (Å²) in [5.74, 6) is 0.768. The van der Waals surface area contributed by atoms with Crippen molar-refractivity contribution >= 4 is 11.8 Å². The van der Waals surface area contributed by atoms with E-state index in [0.717, 1.165) is 37.9 Å². The van der Waals surface area contributed by atoms with Gasteiger partial charge in [-0.15, -0.1) is 0 Å². The molecule has 3 rings (SSSR count). The van der Waals surface area contributed by atoms with Crippen LogP contribution in [-0.4, -0.2) is 41.2 Å². The fourth-order valence-corrected chi connectivity index (χ4v) is 3.80. The van der Waals surface area contributed by atoms with Crippen molar-refractivity contribution in [3.05, 3.63) is 35.4 Å². The van der Waals surface area contributed by atoms with Crippen LogP contribution in [0.3, 0.4) is 0 Å². The Bertz CT molecular complexity index is 618. The number of benzene rings is 1. The van der Waals surface area contributed by atoms with Crippen LogP contribution in [0, 0.1) is 11.8 Å². The second-order valence-electron chi connectivity index (χ2n) is 7.55. The van der Waals surface area contributed by atoms with Gasteiger partial charge in [0, 0.05) is 25.6 Å². The molecular formula is C20H28N2O2. The van der Waals surface area contributed by atoms with Crippen LogP contribution in [0.2, 0.25) is 0 Å². The average molecular weight is 328 g/mol. The number of fused-ring (bicyclic) bond motifs is 1. The van der Waals surface area contributed by atoms with E-state index in [1.165, 1.54) is 5.56 Å². The minimum absolute atomic E-state index is 0.0771. The normalized spacial score (nSPS) is 21.8. The van der Waals surface area contributed by atoms with Crippen LogP contribution in [0.25, 0.3) is 0 Å². The first-order valence-electron chi connectivity index (χ1n) is 9.16. The molecule has 1 atom stereocenters. The summed E-state index contributed by atoms with van der Waals surface area (Å²) in [5, 5.41) is 0. The maximum absolute atomic E-state index is 13.3. The molecule has 4 nitrogen and oxygen atoms in total. The van der Waals surface area contributed by atoms with Gasteiger partial charge in [-0.3, -0.25) is 9.59 Å². The number of amides is 2. The lowest BCUT2D eigenvalue weighted by atomic mass is 9.90. The third-order valence-corrected chi connectivity index (χ3v) is 5.39. The van der Waals surface area contributed by atoms with Gasteiger partial charge in [0.2, 0.25) is 11.8 Å². The van der Waals surface area contributed by atoms with E-state index in [0.29, 0.717) is 12.5 Å². The van der Waals surface area contributed by atoms with Crippen LogP contribution in [0.15, 0.2) is 24.3 Å². The maximum Gasteiger partial charge on any atom is 0.250 e. The lowest BCUT2D eigenvalue weighted by Gasteiger charge is -2.41. The Labute approximate surface area is 144 Å². The van der Waals surface area contributed by atoms with E-state index >= 15 is 0 Å². The van der Waals surface area contributed by atoms with Crippen molar-refractivity contribution in [3.8, 4) is 0 Å². The summed E-state index contributed by atoms with van der Waals surface area (Å²) in [4.78, 5) is 29.8. The monoisotopic (exact) mass is 328 g/mol. The lowest BCUT2D eigenvalue weighted by Crippen LogP contribution is -2.51. The van der Waals surface area contributed by atoms with Crippen molar-refractivity contribution in [1.29, 1.82) is 0 Å². The molecule has 2 amide bonds. The van der Waals surface area contributed by atoms with E-state index in [1.54, 1.807) is 0 Å². The summed E-state index contributed by atoms with van der Waals surface area (Å²) in [7, 11) is 0. The van der Waals surface area contributed by atoms with Gasteiger partial charge in [0.15, 0.2) is 0 Å². The van der Waals surface area contributed by atoms with Crippen LogP contribution in [0.5, 0.6) is 0 Å². The molecule has 0 bridgehead atoms. The third kappa shape index (κ3) is 3.19. The first kappa shape index (κ1) is 17.0. The second kappa shape index (κ2) is 6.96. The summed E-state index contributed by atoms with van der Waals surface area (Å²) in [6.45, 7) is 8.31. The first-order chi connectivity index (χ1) is 11.5. The average Bonchev–Trinajstić information content (AvgIpc) is 2.60. The van der Waals surface area contributed by atoms with Gasteiger partial charge in [-0.1, -0.05) is 45.0 Å². The van der Waals surface area contributed by atoms with Crippen LogP contribution >= 0.6 is 0 Å². The van der Waals surface area contributed by atoms with Crippen molar-refractivity contribution in [2.45, 2.75) is 46.1 Å². The Kier molecular flexibility index (Phi) is 4.93. The molecule has 1 unspecified atom stereocenters. The highest BCUT2D eigenvalue weighted by Crippen LogP contribution is 2.33. The summed E-state index contributed by atoms with van der Waals surface area (Å²) in [6.07, 6.45) is 2.94. The van der Waals surface area contributed by atoms with Gasteiger partial charge in [0.1, 0.15) is 6.04 Å². The summed E-state index contributed by atoms with van der Waals surface area (Å²) in [6, 6.07) is 7.65. The van der Waals surface area contributed by atoms with Crippen molar-refractivity contribution in [2.24, 2.45) is 11.8 Å². The molecule has 2 aliphatic rings. The van der Waals surface area contributed by atoms with Crippen molar-refractivity contribution < 1.29 is 9.59 Å². The molecule has 24 heavy (non-hydrogen) atoms. The largest absolute Gasteiger partial charge is 0.341 e. The van der Waals surface area contributed by atoms with E-state index in [-0.39, 0.29) is 17.7 Å². The lowest BCUT2D eigenvalue weighted by molar-refractivity contribution is -0.149. The van der Waals surface area contributed by atoms with E-state index < -0.39 is 6.04 Å². The number of carbonyl (C=O) groups excluding carboxylic acids is 2. The number of piperidine rings is 1. The Morgan fingerprint density at radius 1 is 1.08 bits per heavy atom. The van der Waals surface area contributed by atoms with E-state index in [1.807, 2.05) is 41.8 Å². The quantitative estimate of drug-likeness (QED) is 0.837. The highest BCUT2D eigenvalue weighted by Gasteiger charge is 2.39. The molecule has 1 fully saturated rings. The third-order valence-electron chi connectivity index (χ3n) is 5.39. The van der Waals surface area contributed by atoms with Crippen LogP contribution in [-0.2, 0) is 16.0 Å².